The third-order valence-electron chi connectivity index (χ3n) is 5.65. The van der Waals surface area contributed by atoms with Crippen LogP contribution in [-0.2, 0) is 11.4 Å². The van der Waals surface area contributed by atoms with Crippen molar-refractivity contribution in [3.63, 3.8) is 0 Å². The Morgan fingerprint density at radius 3 is 2.60 bits per heavy atom. The number of nitrogens with one attached hydrogen (secondary N) is 1. The number of carbonyl (C=O) groups excluding carboxylic acids is 1. The van der Waals surface area contributed by atoms with Crippen LogP contribution in [0.2, 0.25) is 0 Å². The van der Waals surface area contributed by atoms with Gasteiger partial charge >= 0.3 is 0 Å². The number of anilines is 1. The second-order valence-electron chi connectivity index (χ2n) is 7.88. The number of aryl methyl sites for hydroxylation is 1. The standard InChI is InChI=1S/C29H23FN2O3/c1-19-11-12-20-7-3-4-8-24(20)25(19)18-35-28-16-23(34-2)14-13-21(28)15-22(17-31)29(33)32-27-10-6-5-9-26(27)30/h3-16H,18H2,1-2H3,(H,32,33)/b22-15+. The number of hydrogen-bond donors (Lipinski definition) is 1. The van der Waals surface area contributed by atoms with Crippen molar-refractivity contribution in [3.05, 3.63) is 107 Å². The third-order valence-corrected chi connectivity index (χ3v) is 5.65. The van der Waals surface area contributed by atoms with E-state index in [2.05, 4.69) is 11.4 Å². The third kappa shape index (κ3) is 5.31. The van der Waals surface area contributed by atoms with Gasteiger partial charge in [-0.15, -0.1) is 0 Å². The first-order valence-corrected chi connectivity index (χ1v) is 11.0. The number of nitrogens with zero attached hydrogens (tertiary/aromatic N) is 1. The van der Waals surface area contributed by atoms with Crippen LogP contribution in [0.3, 0.4) is 0 Å². The van der Waals surface area contributed by atoms with Crippen molar-refractivity contribution in [2.45, 2.75) is 13.5 Å². The minimum atomic E-state index is -0.718. The highest BCUT2D eigenvalue weighted by Crippen LogP contribution is 2.30. The normalized spacial score (nSPS) is 11.1. The lowest BCUT2D eigenvalue weighted by molar-refractivity contribution is -0.112. The van der Waals surface area contributed by atoms with E-state index in [-0.39, 0.29) is 17.9 Å². The van der Waals surface area contributed by atoms with E-state index < -0.39 is 11.7 Å². The van der Waals surface area contributed by atoms with Gasteiger partial charge in [-0.05, 0) is 53.6 Å². The largest absolute Gasteiger partial charge is 0.497 e. The quantitative estimate of drug-likeness (QED) is 0.252. The van der Waals surface area contributed by atoms with Gasteiger partial charge in [-0.3, -0.25) is 4.79 Å². The van der Waals surface area contributed by atoms with Crippen LogP contribution in [0, 0.1) is 24.1 Å². The first-order chi connectivity index (χ1) is 17.0. The molecule has 0 saturated heterocycles. The molecule has 1 amide bonds. The van der Waals surface area contributed by atoms with Crippen LogP contribution in [0.4, 0.5) is 10.1 Å². The van der Waals surface area contributed by atoms with Crippen LogP contribution in [0.15, 0.2) is 84.4 Å². The summed E-state index contributed by atoms with van der Waals surface area (Å²) in [6.07, 6.45) is 1.42. The fraction of sp³-hybridized carbons (Fsp3) is 0.103. The molecule has 1 N–H and O–H groups in total. The molecule has 0 aliphatic rings. The number of nitriles is 1. The van der Waals surface area contributed by atoms with Gasteiger partial charge in [0, 0.05) is 17.2 Å². The molecule has 4 rings (SSSR count). The van der Waals surface area contributed by atoms with Gasteiger partial charge in [-0.25, -0.2) is 4.39 Å². The Labute approximate surface area is 203 Å². The highest BCUT2D eigenvalue weighted by Gasteiger charge is 2.14. The van der Waals surface area contributed by atoms with E-state index in [4.69, 9.17) is 9.47 Å². The van der Waals surface area contributed by atoms with Crippen LogP contribution < -0.4 is 14.8 Å². The summed E-state index contributed by atoms with van der Waals surface area (Å²) in [6.45, 7) is 2.31. The van der Waals surface area contributed by atoms with Crippen molar-refractivity contribution < 1.29 is 18.7 Å². The number of carbonyl (C=O) groups is 1. The van der Waals surface area contributed by atoms with Crippen LogP contribution >= 0.6 is 0 Å². The lowest BCUT2D eigenvalue weighted by Gasteiger charge is -2.15. The van der Waals surface area contributed by atoms with E-state index >= 15 is 0 Å². The molecule has 0 aliphatic carbocycles. The summed E-state index contributed by atoms with van der Waals surface area (Å²) in [5.41, 5.74) is 2.45. The van der Waals surface area contributed by atoms with Crippen LogP contribution in [-0.4, -0.2) is 13.0 Å². The number of benzene rings is 4. The van der Waals surface area contributed by atoms with E-state index in [1.54, 1.807) is 31.4 Å². The number of amides is 1. The van der Waals surface area contributed by atoms with Crippen LogP contribution in [0.5, 0.6) is 11.5 Å². The maximum Gasteiger partial charge on any atom is 0.266 e. The number of halogens is 1. The molecule has 0 bridgehead atoms. The average molecular weight is 467 g/mol. The molecule has 35 heavy (non-hydrogen) atoms. The average Bonchev–Trinajstić information content (AvgIpc) is 2.88. The van der Waals surface area contributed by atoms with Crippen LogP contribution in [0.25, 0.3) is 16.8 Å². The number of rotatable bonds is 7. The Bertz CT molecular complexity index is 1470. The highest BCUT2D eigenvalue weighted by molar-refractivity contribution is 6.09. The molecule has 0 unspecified atom stereocenters. The molecule has 6 heteroatoms. The highest BCUT2D eigenvalue weighted by atomic mass is 19.1. The zero-order valence-corrected chi connectivity index (χ0v) is 19.3. The van der Waals surface area contributed by atoms with E-state index in [9.17, 15) is 14.4 Å². The van der Waals surface area contributed by atoms with Gasteiger partial charge in [0.15, 0.2) is 0 Å². The van der Waals surface area contributed by atoms with Gasteiger partial charge in [-0.1, -0.05) is 48.5 Å². The summed E-state index contributed by atoms with van der Waals surface area (Å²) in [5.74, 6) is -0.287. The first-order valence-electron chi connectivity index (χ1n) is 11.0. The zero-order chi connectivity index (χ0) is 24.8. The summed E-state index contributed by atoms with van der Waals surface area (Å²) in [5, 5.41) is 14.3. The van der Waals surface area contributed by atoms with Crippen molar-refractivity contribution in [1.82, 2.24) is 0 Å². The first kappa shape index (κ1) is 23.5. The van der Waals surface area contributed by atoms with Crippen molar-refractivity contribution in [3.8, 4) is 17.6 Å². The fourth-order valence-electron chi connectivity index (χ4n) is 3.73. The summed E-state index contributed by atoms with van der Waals surface area (Å²) in [6, 6.07) is 25.0. The Morgan fingerprint density at radius 2 is 1.83 bits per heavy atom. The molecule has 174 valence electrons. The maximum atomic E-state index is 13.9. The minimum absolute atomic E-state index is 0.00344. The molecular weight excluding hydrogens is 443 g/mol. The number of ether oxygens (including phenoxy) is 2. The topological polar surface area (TPSA) is 71.3 Å². The molecule has 0 aromatic heterocycles. The minimum Gasteiger partial charge on any atom is -0.497 e. The maximum absolute atomic E-state index is 13.9. The van der Waals surface area contributed by atoms with Crippen molar-refractivity contribution in [2.75, 3.05) is 12.4 Å². The Morgan fingerprint density at radius 1 is 1.06 bits per heavy atom. The van der Waals surface area contributed by atoms with Crippen molar-refractivity contribution in [1.29, 1.82) is 5.26 Å². The monoisotopic (exact) mass is 466 g/mol. The molecule has 0 radical (unpaired) electrons. The van der Waals surface area contributed by atoms with Crippen molar-refractivity contribution in [2.24, 2.45) is 0 Å². The summed E-state index contributed by atoms with van der Waals surface area (Å²) < 4.78 is 25.5. The summed E-state index contributed by atoms with van der Waals surface area (Å²) in [4.78, 5) is 12.7. The SMILES string of the molecule is COc1ccc(/C=C(\C#N)C(=O)Nc2ccccc2F)c(OCc2c(C)ccc3ccccc23)c1. The van der Waals surface area contributed by atoms with Gasteiger partial charge in [0.2, 0.25) is 0 Å². The van der Waals surface area contributed by atoms with Crippen molar-refractivity contribution >= 4 is 28.4 Å². The predicted molar refractivity (Wildman–Crippen MR) is 135 cm³/mol. The molecule has 0 atom stereocenters. The second-order valence-corrected chi connectivity index (χ2v) is 7.88. The van der Waals surface area contributed by atoms with Gasteiger partial charge in [-0.2, -0.15) is 5.26 Å². The number of methoxy groups -OCH3 is 1. The second kappa shape index (κ2) is 10.5. The molecule has 0 spiro atoms. The lowest BCUT2D eigenvalue weighted by atomic mass is 10.0. The fourth-order valence-corrected chi connectivity index (χ4v) is 3.73. The van der Waals surface area contributed by atoms with E-state index in [0.717, 1.165) is 21.9 Å². The molecule has 0 fully saturated rings. The Balaban J connectivity index is 1.65. The van der Waals surface area contributed by atoms with E-state index in [1.165, 1.54) is 24.3 Å². The van der Waals surface area contributed by atoms with Gasteiger partial charge in [0.1, 0.15) is 35.6 Å². The smallest absolute Gasteiger partial charge is 0.266 e. The summed E-state index contributed by atoms with van der Waals surface area (Å²) >= 11 is 0. The number of fused-ring (bicyclic) bond motifs is 1. The number of hydrogen-bond acceptors (Lipinski definition) is 4. The molecule has 4 aromatic rings. The molecule has 5 nitrogen and oxygen atoms in total. The van der Waals surface area contributed by atoms with Gasteiger partial charge in [0.25, 0.3) is 5.91 Å². The molecular formula is C29H23FN2O3. The Kier molecular flexibility index (Phi) is 7.08. The van der Waals surface area contributed by atoms with Gasteiger partial charge in [0.05, 0.1) is 12.8 Å². The molecule has 4 aromatic carbocycles. The van der Waals surface area contributed by atoms with E-state index in [0.29, 0.717) is 17.1 Å². The molecule has 0 saturated carbocycles. The molecule has 0 aliphatic heterocycles. The summed E-state index contributed by atoms with van der Waals surface area (Å²) in [7, 11) is 1.55. The van der Waals surface area contributed by atoms with Gasteiger partial charge < -0.3 is 14.8 Å². The zero-order valence-electron chi connectivity index (χ0n) is 19.3. The van der Waals surface area contributed by atoms with Crippen LogP contribution in [0.1, 0.15) is 16.7 Å². The predicted octanol–water partition coefficient (Wildman–Crippen LogP) is 6.42. The lowest BCUT2D eigenvalue weighted by Crippen LogP contribution is -2.14. The molecule has 0 heterocycles. The Hall–Kier alpha value is -4.63. The van der Waals surface area contributed by atoms with E-state index in [1.807, 2.05) is 43.3 Å². The number of para-hydroxylation sites is 1.